The monoisotopic (exact) mass is 386 g/mol. The molecule has 2 N–H and O–H groups in total. The summed E-state index contributed by atoms with van der Waals surface area (Å²) in [5.74, 6) is -0.694. The van der Waals surface area contributed by atoms with Crippen LogP contribution in [0.2, 0.25) is 0 Å². The van der Waals surface area contributed by atoms with Crippen molar-refractivity contribution in [2.45, 2.75) is 12.8 Å². The molecule has 2 heterocycles. The Morgan fingerprint density at radius 2 is 2.11 bits per heavy atom. The van der Waals surface area contributed by atoms with E-state index in [0.29, 0.717) is 18.2 Å². The summed E-state index contributed by atoms with van der Waals surface area (Å²) in [5, 5.41) is 9.17. The summed E-state index contributed by atoms with van der Waals surface area (Å²) in [6.07, 6.45) is 3.44. The maximum atomic E-state index is 14.6. The van der Waals surface area contributed by atoms with Gasteiger partial charge in [-0.3, -0.25) is 0 Å². The largest absolute Gasteiger partial charge is 0.490 e. The van der Waals surface area contributed by atoms with E-state index < -0.39 is 11.8 Å². The van der Waals surface area contributed by atoms with Gasteiger partial charge in [-0.25, -0.2) is 9.18 Å². The van der Waals surface area contributed by atoms with E-state index in [1.807, 2.05) is 6.07 Å². The van der Waals surface area contributed by atoms with Crippen LogP contribution in [-0.2, 0) is 4.74 Å². The lowest BCUT2D eigenvalue weighted by Crippen LogP contribution is -2.32. The lowest BCUT2D eigenvalue weighted by Gasteiger charge is -2.28. The molecule has 1 aliphatic rings. The van der Waals surface area contributed by atoms with Crippen LogP contribution in [0.5, 0.6) is 5.75 Å². The molecule has 8 heteroatoms. The fraction of sp³-hybridized carbons (Fsp3) is 0.400. The van der Waals surface area contributed by atoms with Crippen molar-refractivity contribution >= 4 is 11.7 Å². The number of anilines is 1. The minimum absolute atomic E-state index is 0.00245. The molecule has 3 rings (SSSR count). The fourth-order valence-corrected chi connectivity index (χ4v) is 3.31. The normalized spacial score (nSPS) is 15.2. The average molecular weight is 386 g/mol. The Kier molecular flexibility index (Phi) is 5.85. The summed E-state index contributed by atoms with van der Waals surface area (Å²) in [6, 6.07) is 6.29. The molecule has 1 fully saturated rings. The molecule has 0 unspecified atom stereocenters. The standard InChI is InChI=1S/C20H23FN4O3/c1-24-7-5-13(6-8-24)12-28-17-4-3-15(9-16(17)21)25-11-14(10-22)18(23)19(25)20(26)27-2/h3-4,9,11,13H,5-8,12,23H2,1-2H3. The molecule has 0 bridgehead atoms. The molecule has 0 radical (unpaired) electrons. The van der Waals surface area contributed by atoms with Crippen molar-refractivity contribution in [3.05, 3.63) is 41.5 Å². The molecule has 0 atom stereocenters. The minimum atomic E-state index is -0.706. The third-order valence-corrected chi connectivity index (χ3v) is 5.05. The van der Waals surface area contributed by atoms with E-state index in [-0.39, 0.29) is 22.7 Å². The number of likely N-dealkylation sites (tertiary alicyclic amines) is 1. The zero-order valence-electron chi connectivity index (χ0n) is 15.9. The Hall–Kier alpha value is -3.05. The lowest BCUT2D eigenvalue weighted by molar-refractivity contribution is 0.0593. The number of carbonyl (C=O) groups excluding carboxylic acids is 1. The number of rotatable bonds is 5. The highest BCUT2D eigenvalue weighted by Gasteiger charge is 2.23. The van der Waals surface area contributed by atoms with Gasteiger partial charge in [0.1, 0.15) is 6.07 Å². The summed E-state index contributed by atoms with van der Waals surface area (Å²) in [4.78, 5) is 14.3. The van der Waals surface area contributed by atoms with Gasteiger partial charge in [0.2, 0.25) is 0 Å². The number of piperidine rings is 1. The summed E-state index contributed by atoms with van der Waals surface area (Å²) >= 11 is 0. The average Bonchev–Trinajstić information content (AvgIpc) is 3.04. The molecule has 1 aliphatic heterocycles. The van der Waals surface area contributed by atoms with E-state index in [0.717, 1.165) is 25.9 Å². The summed E-state index contributed by atoms with van der Waals surface area (Å²) in [6.45, 7) is 2.50. The third-order valence-electron chi connectivity index (χ3n) is 5.05. The van der Waals surface area contributed by atoms with Crippen LogP contribution in [0, 0.1) is 23.1 Å². The smallest absolute Gasteiger partial charge is 0.357 e. The number of hydrogen-bond donors (Lipinski definition) is 1. The number of nitrogen functional groups attached to an aromatic ring is 1. The first-order chi connectivity index (χ1) is 13.4. The molecule has 0 aliphatic carbocycles. The first kappa shape index (κ1) is 19.7. The van der Waals surface area contributed by atoms with E-state index in [9.17, 15) is 14.4 Å². The molecule has 0 amide bonds. The number of nitriles is 1. The van der Waals surface area contributed by atoms with Gasteiger partial charge >= 0.3 is 5.97 Å². The highest BCUT2D eigenvalue weighted by atomic mass is 19.1. The van der Waals surface area contributed by atoms with E-state index in [2.05, 4.69) is 11.9 Å². The number of nitrogens with zero attached hydrogens (tertiary/aromatic N) is 3. The highest BCUT2D eigenvalue weighted by molar-refractivity contribution is 5.95. The first-order valence-electron chi connectivity index (χ1n) is 9.05. The number of halogens is 1. The molecule has 1 saturated heterocycles. The van der Waals surface area contributed by atoms with Crippen molar-refractivity contribution in [1.29, 1.82) is 5.26 Å². The number of methoxy groups -OCH3 is 1. The number of nitrogens with two attached hydrogens (primary N) is 1. The van der Waals surface area contributed by atoms with Gasteiger partial charge < -0.3 is 24.7 Å². The predicted molar refractivity (Wildman–Crippen MR) is 102 cm³/mol. The molecule has 0 spiro atoms. The van der Waals surface area contributed by atoms with Crippen molar-refractivity contribution in [2.75, 3.05) is 39.6 Å². The maximum Gasteiger partial charge on any atom is 0.357 e. The molecule has 148 valence electrons. The van der Waals surface area contributed by atoms with Crippen LogP contribution in [0.15, 0.2) is 24.4 Å². The zero-order chi connectivity index (χ0) is 20.3. The Morgan fingerprint density at radius 3 is 2.71 bits per heavy atom. The van der Waals surface area contributed by atoms with Gasteiger partial charge in [0.25, 0.3) is 0 Å². The summed E-state index contributed by atoms with van der Waals surface area (Å²) < 4.78 is 26.4. The van der Waals surface area contributed by atoms with E-state index in [1.54, 1.807) is 6.07 Å². The van der Waals surface area contributed by atoms with Gasteiger partial charge in [-0.2, -0.15) is 5.26 Å². The molecule has 28 heavy (non-hydrogen) atoms. The van der Waals surface area contributed by atoms with E-state index >= 15 is 0 Å². The summed E-state index contributed by atoms with van der Waals surface area (Å²) in [5.41, 5.74) is 6.31. The summed E-state index contributed by atoms with van der Waals surface area (Å²) in [7, 11) is 3.30. The van der Waals surface area contributed by atoms with Crippen LogP contribution in [0.1, 0.15) is 28.9 Å². The molecular weight excluding hydrogens is 363 g/mol. The molecule has 0 saturated carbocycles. The SMILES string of the molecule is COC(=O)c1c(N)c(C#N)cn1-c1ccc(OCC2CCN(C)CC2)c(F)c1. The highest BCUT2D eigenvalue weighted by Crippen LogP contribution is 2.28. The Bertz CT molecular complexity index is 911. The molecule has 2 aromatic rings. The van der Waals surface area contributed by atoms with Gasteiger partial charge in [0.05, 0.1) is 25.0 Å². The topological polar surface area (TPSA) is 93.5 Å². The van der Waals surface area contributed by atoms with Gasteiger partial charge in [0.15, 0.2) is 17.3 Å². The molecular formula is C20H23FN4O3. The van der Waals surface area contributed by atoms with Gasteiger partial charge in [-0.05, 0) is 51.0 Å². The predicted octanol–water partition coefficient (Wildman–Crippen LogP) is 2.58. The van der Waals surface area contributed by atoms with Crippen molar-refractivity contribution in [3.63, 3.8) is 0 Å². The Balaban J connectivity index is 1.81. The van der Waals surface area contributed by atoms with Gasteiger partial charge in [-0.1, -0.05) is 0 Å². The van der Waals surface area contributed by atoms with Crippen LogP contribution >= 0.6 is 0 Å². The second-order valence-electron chi connectivity index (χ2n) is 6.95. The molecule has 1 aromatic carbocycles. The van der Waals surface area contributed by atoms with Crippen LogP contribution < -0.4 is 10.5 Å². The fourth-order valence-electron chi connectivity index (χ4n) is 3.31. The number of hydrogen-bond acceptors (Lipinski definition) is 6. The van der Waals surface area contributed by atoms with Crippen molar-refractivity contribution in [1.82, 2.24) is 9.47 Å². The third kappa shape index (κ3) is 3.94. The van der Waals surface area contributed by atoms with Crippen LogP contribution in [0.25, 0.3) is 5.69 Å². The number of esters is 1. The maximum absolute atomic E-state index is 14.6. The van der Waals surface area contributed by atoms with E-state index in [4.69, 9.17) is 15.2 Å². The lowest BCUT2D eigenvalue weighted by atomic mass is 9.98. The second-order valence-corrected chi connectivity index (χ2v) is 6.95. The first-order valence-corrected chi connectivity index (χ1v) is 9.05. The number of aromatic nitrogens is 1. The Morgan fingerprint density at radius 1 is 1.39 bits per heavy atom. The Labute approximate surface area is 163 Å². The zero-order valence-corrected chi connectivity index (χ0v) is 15.9. The van der Waals surface area contributed by atoms with Crippen LogP contribution in [0.3, 0.4) is 0 Å². The quantitative estimate of drug-likeness (QED) is 0.794. The van der Waals surface area contributed by atoms with Crippen molar-refractivity contribution in [3.8, 4) is 17.5 Å². The van der Waals surface area contributed by atoms with Crippen LogP contribution in [-0.4, -0.2) is 49.3 Å². The van der Waals surface area contributed by atoms with Crippen molar-refractivity contribution < 1.29 is 18.7 Å². The second kappa shape index (κ2) is 8.31. The number of carbonyl (C=O) groups is 1. The van der Waals surface area contributed by atoms with Gasteiger partial charge in [-0.15, -0.1) is 0 Å². The van der Waals surface area contributed by atoms with Gasteiger partial charge in [0, 0.05) is 18.0 Å². The minimum Gasteiger partial charge on any atom is -0.490 e. The van der Waals surface area contributed by atoms with Crippen LogP contribution in [0.4, 0.5) is 10.1 Å². The number of benzene rings is 1. The molecule has 1 aromatic heterocycles. The van der Waals surface area contributed by atoms with Crippen molar-refractivity contribution in [2.24, 2.45) is 5.92 Å². The number of ether oxygens (including phenoxy) is 2. The molecule has 7 nitrogen and oxygen atoms in total. The van der Waals surface area contributed by atoms with E-state index in [1.165, 1.54) is 30.0 Å².